The molecule has 1 aromatic carbocycles. The van der Waals surface area contributed by atoms with Crippen LogP contribution in [0.4, 0.5) is 19.1 Å². The third-order valence-electron chi connectivity index (χ3n) is 5.60. The Morgan fingerprint density at radius 1 is 1.26 bits per heavy atom. The Hall–Kier alpha value is -3.85. The van der Waals surface area contributed by atoms with E-state index < -0.39 is 18.4 Å². The molecule has 0 saturated carbocycles. The van der Waals surface area contributed by atoms with Gasteiger partial charge < -0.3 is 15.0 Å². The number of alkyl halides is 3. The number of carbonyl (C=O) groups is 1. The summed E-state index contributed by atoms with van der Waals surface area (Å²) in [7, 11) is 1.61. The van der Waals surface area contributed by atoms with Gasteiger partial charge >= 0.3 is 12.1 Å². The Morgan fingerprint density at radius 2 is 2.00 bits per heavy atom. The number of halogens is 3. The lowest BCUT2D eigenvalue weighted by Crippen LogP contribution is -2.55. The van der Waals surface area contributed by atoms with E-state index >= 15 is 0 Å². The number of rotatable bonds is 5. The number of nitrogens with one attached hydrogen (secondary N) is 1. The van der Waals surface area contributed by atoms with Crippen LogP contribution in [-0.2, 0) is 29.5 Å². The molecule has 4 rings (SSSR count). The highest BCUT2D eigenvalue weighted by Crippen LogP contribution is 2.25. The average Bonchev–Trinajstić information content (AvgIpc) is 3.19. The van der Waals surface area contributed by atoms with Crippen molar-refractivity contribution >= 4 is 23.1 Å². The van der Waals surface area contributed by atoms with E-state index in [0.717, 1.165) is 5.56 Å². The third kappa shape index (κ3) is 5.00. The molecule has 0 bridgehead atoms. The summed E-state index contributed by atoms with van der Waals surface area (Å²) in [6.45, 7) is 2.24. The lowest BCUT2D eigenvalue weighted by atomic mass is 10.1. The number of imidazole rings is 1. The molecule has 12 heteroatoms. The number of carbonyl (C=O) groups excluding carboxylic acids is 1. The number of nitrogens with zero attached hydrogens (tertiary/aromatic N) is 5. The van der Waals surface area contributed by atoms with Gasteiger partial charge in [0.05, 0.1) is 13.1 Å². The molecule has 3 heterocycles. The largest absolute Gasteiger partial charge is 0.491 e. The van der Waals surface area contributed by atoms with Crippen LogP contribution in [0.2, 0.25) is 0 Å². The smallest absolute Gasteiger partial charge is 0.433 e. The van der Waals surface area contributed by atoms with Gasteiger partial charge in [-0.3, -0.25) is 13.9 Å². The average molecular weight is 488 g/mol. The third-order valence-corrected chi connectivity index (χ3v) is 5.60. The number of fused-ring (bicyclic) bond motifs is 1. The Labute approximate surface area is 198 Å². The van der Waals surface area contributed by atoms with Gasteiger partial charge in [-0.25, -0.2) is 9.78 Å². The summed E-state index contributed by atoms with van der Waals surface area (Å²) in [6, 6.07) is 9.48. The molecule has 1 aliphatic heterocycles. The van der Waals surface area contributed by atoms with Crippen molar-refractivity contribution in [2.75, 3.05) is 24.5 Å². The van der Waals surface area contributed by atoms with Crippen LogP contribution in [0.25, 0.3) is 11.2 Å². The van der Waals surface area contributed by atoms with Crippen molar-refractivity contribution < 1.29 is 22.7 Å². The zero-order valence-corrected chi connectivity index (χ0v) is 19.1. The number of piperazine rings is 1. The van der Waals surface area contributed by atoms with Crippen molar-refractivity contribution in [1.82, 2.24) is 24.4 Å². The zero-order chi connectivity index (χ0) is 25.2. The van der Waals surface area contributed by atoms with Crippen LogP contribution in [0, 0.1) is 11.8 Å². The maximum atomic E-state index is 13.4. The molecule has 1 atom stereocenters. The van der Waals surface area contributed by atoms with Crippen LogP contribution < -0.4 is 15.8 Å². The Bertz CT molecular complexity index is 1350. The van der Waals surface area contributed by atoms with Gasteiger partial charge in [-0.1, -0.05) is 36.3 Å². The molecule has 1 unspecified atom stereocenters. The van der Waals surface area contributed by atoms with Gasteiger partial charge in [-0.15, -0.1) is 5.92 Å². The van der Waals surface area contributed by atoms with Gasteiger partial charge in [0.2, 0.25) is 5.95 Å². The number of ether oxygens (including phenoxy) is 1. The second-order valence-electron chi connectivity index (χ2n) is 7.91. The van der Waals surface area contributed by atoms with Crippen molar-refractivity contribution in [2.45, 2.75) is 32.3 Å². The maximum Gasteiger partial charge on any atom is 0.491 e. The molecule has 1 saturated heterocycles. The quantitative estimate of drug-likeness (QED) is 0.431. The minimum Gasteiger partial charge on any atom is -0.433 e. The summed E-state index contributed by atoms with van der Waals surface area (Å²) in [5.41, 5.74) is 0.900. The normalized spacial score (nSPS) is 16.1. The molecule has 0 aliphatic carbocycles. The summed E-state index contributed by atoms with van der Waals surface area (Å²) in [5.74, 6) is 3.96. The molecule has 1 aliphatic rings. The van der Waals surface area contributed by atoms with Gasteiger partial charge in [-0.05, 0) is 12.5 Å². The maximum absolute atomic E-state index is 13.4. The zero-order valence-electron chi connectivity index (χ0n) is 19.1. The van der Waals surface area contributed by atoms with Crippen molar-refractivity contribution in [3.63, 3.8) is 0 Å². The Morgan fingerprint density at radius 3 is 2.69 bits per heavy atom. The second kappa shape index (κ2) is 9.79. The van der Waals surface area contributed by atoms with E-state index in [1.807, 2.05) is 30.3 Å². The van der Waals surface area contributed by atoms with Gasteiger partial charge in [0.1, 0.15) is 5.82 Å². The van der Waals surface area contributed by atoms with Gasteiger partial charge in [0.15, 0.2) is 17.4 Å². The first-order chi connectivity index (χ1) is 16.7. The van der Waals surface area contributed by atoms with E-state index in [2.05, 4.69) is 27.1 Å². The van der Waals surface area contributed by atoms with Crippen LogP contribution in [0.1, 0.15) is 18.3 Å². The molecule has 0 amide bonds. The Kier molecular flexibility index (Phi) is 6.79. The van der Waals surface area contributed by atoms with Crippen LogP contribution >= 0.6 is 0 Å². The topological polar surface area (TPSA) is 94.3 Å². The van der Waals surface area contributed by atoms with E-state index in [9.17, 15) is 22.8 Å². The molecular formula is C23H23F3N6O3. The minimum absolute atomic E-state index is 0.0465. The van der Waals surface area contributed by atoms with Crippen LogP contribution in [0.3, 0.4) is 0 Å². The molecule has 35 heavy (non-hydrogen) atoms. The molecule has 1 fully saturated rings. The van der Waals surface area contributed by atoms with E-state index in [-0.39, 0.29) is 42.3 Å². The predicted octanol–water partition coefficient (Wildman–Crippen LogP) is 1.59. The SMILES string of the molecule is CC#CCn1c(N2CCNCC2OC(=O)C(F)(F)F)nc2nc(Cc3ccccc3)n(C)c(=O)c21. The van der Waals surface area contributed by atoms with Crippen molar-refractivity contribution in [3.8, 4) is 11.8 Å². The molecule has 2 aromatic heterocycles. The fourth-order valence-corrected chi connectivity index (χ4v) is 3.86. The summed E-state index contributed by atoms with van der Waals surface area (Å²) >= 11 is 0. The fraction of sp³-hybridized carbons (Fsp3) is 0.391. The fourth-order valence-electron chi connectivity index (χ4n) is 3.86. The second-order valence-corrected chi connectivity index (χ2v) is 7.91. The minimum atomic E-state index is -5.14. The molecular weight excluding hydrogens is 465 g/mol. The molecule has 1 N–H and O–H groups in total. The van der Waals surface area contributed by atoms with Crippen molar-refractivity contribution in [1.29, 1.82) is 0 Å². The number of hydrogen-bond acceptors (Lipinski definition) is 7. The number of anilines is 1. The number of esters is 1. The highest BCUT2D eigenvalue weighted by Gasteiger charge is 2.44. The lowest BCUT2D eigenvalue weighted by molar-refractivity contribution is -0.205. The molecule has 0 spiro atoms. The lowest BCUT2D eigenvalue weighted by Gasteiger charge is -2.36. The molecule has 184 valence electrons. The van der Waals surface area contributed by atoms with Crippen molar-refractivity contribution in [3.05, 3.63) is 52.1 Å². The number of hydrogen-bond donors (Lipinski definition) is 1. The van der Waals surface area contributed by atoms with E-state index in [1.54, 1.807) is 14.0 Å². The standard InChI is InChI=1S/C23H23F3N6O3/c1-3-4-11-32-18-19(28-16(30(2)20(18)33)13-15-8-6-5-7-9-15)29-22(32)31-12-10-27-14-17(31)35-21(34)23(24,25)26/h5-9,17,27H,10-14H2,1-2H3. The monoisotopic (exact) mass is 488 g/mol. The van der Waals surface area contributed by atoms with Crippen LogP contribution in [-0.4, -0.2) is 57.1 Å². The first-order valence-electron chi connectivity index (χ1n) is 10.9. The first kappa shape index (κ1) is 24.3. The first-order valence-corrected chi connectivity index (χ1v) is 10.9. The van der Waals surface area contributed by atoms with Gasteiger partial charge in [-0.2, -0.15) is 18.2 Å². The van der Waals surface area contributed by atoms with Gasteiger partial charge in [0, 0.05) is 26.6 Å². The number of aromatic nitrogens is 4. The highest BCUT2D eigenvalue weighted by molar-refractivity contribution is 5.77. The number of benzene rings is 1. The summed E-state index contributed by atoms with van der Waals surface area (Å²) < 4.78 is 46.3. The van der Waals surface area contributed by atoms with Crippen molar-refractivity contribution in [2.24, 2.45) is 7.05 Å². The van der Waals surface area contributed by atoms with E-state index in [1.165, 1.54) is 14.0 Å². The van der Waals surface area contributed by atoms with Crippen LogP contribution in [0.5, 0.6) is 0 Å². The summed E-state index contributed by atoms with van der Waals surface area (Å²) in [6.07, 6.45) is -6.03. The Balaban J connectivity index is 1.81. The molecule has 3 aromatic rings. The van der Waals surface area contributed by atoms with E-state index in [0.29, 0.717) is 18.8 Å². The molecule has 9 nitrogen and oxygen atoms in total. The predicted molar refractivity (Wildman–Crippen MR) is 122 cm³/mol. The summed E-state index contributed by atoms with van der Waals surface area (Å²) in [4.78, 5) is 35.4. The van der Waals surface area contributed by atoms with E-state index in [4.69, 9.17) is 4.74 Å². The highest BCUT2D eigenvalue weighted by atomic mass is 19.4. The van der Waals surface area contributed by atoms with Crippen LogP contribution in [0.15, 0.2) is 35.1 Å². The molecule has 0 radical (unpaired) electrons. The summed E-state index contributed by atoms with van der Waals surface area (Å²) in [5, 5.41) is 2.91. The van der Waals surface area contributed by atoms with Gasteiger partial charge in [0.25, 0.3) is 5.56 Å².